The molecule has 0 bridgehead atoms. The average molecular weight is 260 g/mol. The molecule has 110 valence electrons. The molecule has 0 spiro atoms. The minimum absolute atomic E-state index is 0.00626. The Labute approximate surface area is 112 Å². The summed E-state index contributed by atoms with van der Waals surface area (Å²) < 4.78 is 11.8. The van der Waals surface area contributed by atoms with Crippen molar-refractivity contribution in [2.24, 2.45) is 22.3 Å². The van der Waals surface area contributed by atoms with Gasteiger partial charge in [-0.05, 0) is 17.8 Å². The van der Waals surface area contributed by atoms with E-state index in [1.165, 1.54) is 0 Å². The van der Waals surface area contributed by atoms with E-state index in [1.54, 1.807) is 0 Å². The van der Waals surface area contributed by atoms with Crippen molar-refractivity contribution < 1.29 is 9.47 Å². The summed E-state index contributed by atoms with van der Waals surface area (Å²) in [4.78, 5) is 0. The molecule has 18 heavy (non-hydrogen) atoms. The van der Waals surface area contributed by atoms with Crippen molar-refractivity contribution in [3.8, 4) is 0 Å². The summed E-state index contributed by atoms with van der Waals surface area (Å²) in [6, 6.07) is 0. The van der Waals surface area contributed by atoms with Crippen LogP contribution in [0.1, 0.15) is 48.5 Å². The second kappa shape index (κ2) is 6.85. The predicted octanol–water partition coefficient (Wildman–Crippen LogP) is 2.11. The Morgan fingerprint density at radius 3 is 1.22 bits per heavy atom. The van der Waals surface area contributed by atoms with Gasteiger partial charge >= 0.3 is 0 Å². The van der Waals surface area contributed by atoms with Gasteiger partial charge in [-0.15, -0.1) is 0 Å². The summed E-state index contributed by atoms with van der Waals surface area (Å²) in [5.41, 5.74) is 11.5. The SMILES string of the molecule is CC(OC(CN)C(C)(C)C)OC(CN)C(C)(C)C. The van der Waals surface area contributed by atoms with Crippen molar-refractivity contribution in [3.63, 3.8) is 0 Å². The van der Waals surface area contributed by atoms with E-state index < -0.39 is 0 Å². The molecule has 2 atom stereocenters. The molecule has 4 N–H and O–H groups in total. The van der Waals surface area contributed by atoms with Crippen LogP contribution in [0, 0.1) is 10.8 Å². The molecule has 0 saturated heterocycles. The Balaban J connectivity index is 4.45. The lowest BCUT2D eigenvalue weighted by atomic mass is 9.88. The van der Waals surface area contributed by atoms with E-state index in [0.717, 1.165) is 0 Å². The van der Waals surface area contributed by atoms with Gasteiger partial charge in [0.1, 0.15) is 0 Å². The van der Waals surface area contributed by atoms with Crippen LogP contribution in [0.4, 0.5) is 0 Å². The van der Waals surface area contributed by atoms with Crippen molar-refractivity contribution in [1.82, 2.24) is 0 Å². The number of nitrogens with two attached hydrogens (primary N) is 2. The van der Waals surface area contributed by atoms with Crippen molar-refractivity contribution >= 4 is 0 Å². The topological polar surface area (TPSA) is 70.5 Å². The van der Waals surface area contributed by atoms with E-state index in [-0.39, 0.29) is 29.3 Å². The van der Waals surface area contributed by atoms with Crippen LogP contribution in [0.2, 0.25) is 0 Å². The second-order valence-electron chi connectivity index (χ2n) is 7.02. The monoisotopic (exact) mass is 260 g/mol. The number of hydrogen-bond donors (Lipinski definition) is 2. The Bertz CT molecular complexity index is 207. The van der Waals surface area contributed by atoms with E-state index in [9.17, 15) is 0 Å². The molecule has 0 aromatic rings. The number of hydrogen-bond acceptors (Lipinski definition) is 4. The summed E-state index contributed by atoms with van der Waals surface area (Å²) in [5.74, 6) is 0. The molecule has 4 nitrogen and oxygen atoms in total. The fourth-order valence-corrected chi connectivity index (χ4v) is 1.72. The third-order valence-electron chi connectivity index (χ3n) is 3.07. The van der Waals surface area contributed by atoms with Gasteiger partial charge in [0.15, 0.2) is 6.29 Å². The summed E-state index contributed by atoms with van der Waals surface area (Å²) in [5, 5.41) is 0. The van der Waals surface area contributed by atoms with E-state index in [2.05, 4.69) is 41.5 Å². The molecule has 0 aromatic heterocycles. The van der Waals surface area contributed by atoms with Crippen molar-refractivity contribution in [1.29, 1.82) is 0 Å². The fourth-order valence-electron chi connectivity index (χ4n) is 1.72. The lowest BCUT2D eigenvalue weighted by Crippen LogP contribution is -2.43. The van der Waals surface area contributed by atoms with E-state index in [4.69, 9.17) is 20.9 Å². The maximum Gasteiger partial charge on any atom is 0.155 e. The molecular formula is C14H32N2O2. The van der Waals surface area contributed by atoms with Crippen LogP contribution in [-0.4, -0.2) is 31.6 Å². The van der Waals surface area contributed by atoms with Gasteiger partial charge in [-0.2, -0.15) is 0 Å². The summed E-state index contributed by atoms with van der Waals surface area (Å²) in [6.45, 7) is 15.6. The normalized spacial score (nSPS) is 18.5. The number of rotatable bonds is 6. The first kappa shape index (κ1) is 17.8. The molecule has 0 saturated carbocycles. The van der Waals surface area contributed by atoms with Gasteiger partial charge in [-0.1, -0.05) is 41.5 Å². The minimum Gasteiger partial charge on any atom is -0.348 e. The lowest BCUT2D eigenvalue weighted by molar-refractivity contribution is -0.214. The molecule has 0 aliphatic heterocycles. The highest BCUT2D eigenvalue weighted by molar-refractivity contribution is 4.77. The largest absolute Gasteiger partial charge is 0.348 e. The third kappa shape index (κ3) is 6.14. The standard InChI is InChI=1S/C14H32N2O2/c1-10(17-11(8-15)13(2,3)4)18-12(9-16)14(5,6)7/h10-12H,8-9,15-16H2,1-7H3. The van der Waals surface area contributed by atoms with Crippen molar-refractivity contribution in [2.75, 3.05) is 13.1 Å². The molecule has 0 amide bonds. The first-order valence-corrected chi connectivity index (χ1v) is 6.73. The van der Waals surface area contributed by atoms with Crippen LogP contribution in [0.5, 0.6) is 0 Å². The second-order valence-corrected chi connectivity index (χ2v) is 7.02. The van der Waals surface area contributed by atoms with E-state index >= 15 is 0 Å². The minimum atomic E-state index is -0.300. The molecule has 0 rings (SSSR count). The predicted molar refractivity (Wildman–Crippen MR) is 76.2 cm³/mol. The van der Waals surface area contributed by atoms with Crippen LogP contribution in [0.15, 0.2) is 0 Å². The van der Waals surface area contributed by atoms with Crippen LogP contribution in [0.3, 0.4) is 0 Å². The van der Waals surface area contributed by atoms with Gasteiger partial charge in [-0.25, -0.2) is 0 Å². The van der Waals surface area contributed by atoms with E-state index in [1.807, 2.05) is 6.92 Å². The maximum atomic E-state index is 5.89. The van der Waals surface area contributed by atoms with Crippen LogP contribution >= 0.6 is 0 Å². The zero-order valence-electron chi connectivity index (χ0n) is 13.1. The maximum absolute atomic E-state index is 5.89. The Morgan fingerprint density at radius 2 is 1.06 bits per heavy atom. The van der Waals surface area contributed by atoms with Crippen LogP contribution in [0.25, 0.3) is 0 Å². The Hall–Kier alpha value is -0.160. The lowest BCUT2D eigenvalue weighted by Gasteiger charge is -2.36. The van der Waals surface area contributed by atoms with Crippen molar-refractivity contribution in [3.05, 3.63) is 0 Å². The summed E-state index contributed by atoms with van der Waals surface area (Å²) in [7, 11) is 0. The van der Waals surface area contributed by atoms with Gasteiger partial charge in [0.25, 0.3) is 0 Å². The third-order valence-corrected chi connectivity index (χ3v) is 3.07. The highest BCUT2D eigenvalue weighted by atomic mass is 16.7. The molecule has 0 radical (unpaired) electrons. The van der Waals surface area contributed by atoms with Crippen LogP contribution < -0.4 is 11.5 Å². The zero-order valence-corrected chi connectivity index (χ0v) is 13.1. The fraction of sp³-hybridized carbons (Fsp3) is 1.00. The van der Waals surface area contributed by atoms with E-state index in [0.29, 0.717) is 13.1 Å². The average Bonchev–Trinajstić information content (AvgIpc) is 2.19. The van der Waals surface area contributed by atoms with Gasteiger partial charge in [0.05, 0.1) is 12.2 Å². The quantitative estimate of drug-likeness (QED) is 0.718. The van der Waals surface area contributed by atoms with Gasteiger partial charge in [0, 0.05) is 13.1 Å². The highest BCUT2D eigenvalue weighted by Crippen LogP contribution is 2.26. The van der Waals surface area contributed by atoms with Gasteiger partial charge in [0.2, 0.25) is 0 Å². The molecule has 0 heterocycles. The molecule has 4 heteroatoms. The molecule has 0 aliphatic carbocycles. The van der Waals surface area contributed by atoms with Crippen molar-refractivity contribution in [2.45, 2.75) is 67.0 Å². The molecule has 0 aromatic carbocycles. The Kier molecular flexibility index (Phi) is 6.79. The molecule has 2 unspecified atom stereocenters. The van der Waals surface area contributed by atoms with Crippen LogP contribution in [-0.2, 0) is 9.47 Å². The van der Waals surface area contributed by atoms with Gasteiger partial charge < -0.3 is 20.9 Å². The summed E-state index contributed by atoms with van der Waals surface area (Å²) in [6.07, 6.45) is -0.345. The first-order chi connectivity index (χ1) is 8.02. The zero-order chi connectivity index (χ0) is 14.6. The molecule has 0 fully saturated rings. The molecular weight excluding hydrogens is 228 g/mol. The smallest absolute Gasteiger partial charge is 0.155 e. The van der Waals surface area contributed by atoms with Gasteiger partial charge in [-0.3, -0.25) is 0 Å². The number of ether oxygens (including phenoxy) is 2. The molecule has 0 aliphatic rings. The first-order valence-electron chi connectivity index (χ1n) is 6.73. The highest BCUT2D eigenvalue weighted by Gasteiger charge is 2.30. The Morgan fingerprint density at radius 1 is 0.778 bits per heavy atom. The summed E-state index contributed by atoms with van der Waals surface area (Å²) >= 11 is 0.